The number of aromatic hydroxyl groups is 1. The Morgan fingerprint density at radius 2 is 2.25 bits per heavy atom. The number of rotatable bonds is 2. The molecule has 0 aromatic heterocycles. The Morgan fingerprint density at radius 3 is 2.88 bits per heavy atom. The molecule has 2 rings (SSSR count). The molecule has 1 heterocycles. The van der Waals surface area contributed by atoms with Crippen LogP contribution < -0.4 is 5.32 Å². The van der Waals surface area contributed by atoms with Gasteiger partial charge in [0.1, 0.15) is 5.75 Å². The van der Waals surface area contributed by atoms with Crippen LogP contribution in [-0.4, -0.2) is 22.7 Å². The Labute approximate surface area is 101 Å². The first kappa shape index (κ1) is 11.4. The Hall–Kier alpha value is -1.07. The fraction of sp³-hybridized carbons (Fsp3) is 0.364. The summed E-state index contributed by atoms with van der Waals surface area (Å²) in [6.45, 7) is 0.450. The maximum Gasteiger partial charge on any atom is 0.307 e. The van der Waals surface area contributed by atoms with Gasteiger partial charge in [0, 0.05) is 18.2 Å². The van der Waals surface area contributed by atoms with Crippen molar-refractivity contribution < 1.29 is 15.0 Å². The average Bonchev–Trinajstić information content (AvgIpc) is 2.71. The van der Waals surface area contributed by atoms with Crippen molar-refractivity contribution in [2.45, 2.75) is 12.5 Å². The highest BCUT2D eigenvalue weighted by Crippen LogP contribution is 2.36. The fourth-order valence-corrected chi connectivity index (χ4v) is 2.36. The summed E-state index contributed by atoms with van der Waals surface area (Å²) in [6, 6.07) is 5.30. The molecule has 1 aliphatic heterocycles. The quantitative estimate of drug-likeness (QED) is 0.776. The molecule has 0 amide bonds. The highest BCUT2D eigenvalue weighted by molar-refractivity contribution is 9.10. The highest BCUT2D eigenvalue weighted by atomic mass is 79.9. The van der Waals surface area contributed by atoms with Crippen molar-refractivity contribution in [3.63, 3.8) is 0 Å². The van der Waals surface area contributed by atoms with E-state index in [0.29, 0.717) is 17.4 Å². The predicted molar refractivity (Wildman–Crippen MR) is 62.3 cm³/mol. The minimum Gasteiger partial charge on any atom is -0.506 e. The highest BCUT2D eigenvalue weighted by Gasteiger charge is 2.31. The first-order valence-corrected chi connectivity index (χ1v) is 5.82. The molecule has 2 atom stereocenters. The number of hydrogen-bond donors (Lipinski definition) is 3. The summed E-state index contributed by atoms with van der Waals surface area (Å²) in [4.78, 5) is 10.8. The SMILES string of the molecule is O=C(O)C1CNC(c2cccc(Br)c2O)C1. The van der Waals surface area contributed by atoms with E-state index in [-0.39, 0.29) is 17.7 Å². The molecule has 86 valence electrons. The van der Waals surface area contributed by atoms with Gasteiger partial charge in [-0.3, -0.25) is 4.79 Å². The van der Waals surface area contributed by atoms with Gasteiger partial charge < -0.3 is 15.5 Å². The second kappa shape index (κ2) is 4.43. The number of phenols is 1. The maximum absolute atomic E-state index is 10.8. The summed E-state index contributed by atoms with van der Waals surface area (Å²) in [7, 11) is 0. The first-order valence-electron chi connectivity index (χ1n) is 5.03. The number of carboxylic acid groups (broad SMARTS) is 1. The number of carboxylic acids is 1. The monoisotopic (exact) mass is 285 g/mol. The van der Waals surface area contributed by atoms with Crippen molar-refractivity contribution in [1.29, 1.82) is 0 Å². The van der Waals surface area contributed by atoms with E-state index in [0.717, 1.165) is 5.56 Å². The predicted octanol–water partition coefficient (Wildman–Crippen LogP) is 1.89. The number of aliphatic carboxylic acids is 1. The zero-order valence-corrected chi connectivity index (χ0v) is 10.1. The van der Waals surface area contributed by atoms with Crippen LogP contribution in [0.25, 0.3) is 0 Å². The Morgan fingerprint density at radius 1 is 1.50 bits per heavy atom. The maximum atomic E-state index is 10.8. The van der Waals surface area contributed by atoms with Crippen molar-refractivity contribution in [2.75, 3.05) is 6.54 Å². The lowest BCUT2D eigenvalue weighted by Crippen LogP contribution is -2.17. The van der Waals surface area contributed by atoms with Crippen LogP contribution >= 0.6 is 15.9 Å². The van der Waals surface area contributed by atoms with E-state index in [1.807, 2.05) is 12.1 Å². The molecule has 1 saturated heterocycles. The molecule has 16 heavy (non-hydrogen) atoms. The van der Waals surface area contributed by atoms with Gasteiger partial charge in [0.2, 0.25) is 0 Å². The summed E-state index contributed by atoms with van der Waals surface area (Å²) in [6.07, 6.45) is 0.513. The molecule has 0 spiro atoms. The molecule has 0 aliphatic carbocycles. The third-order valence-corrected chi connectivity index (χ3v) is 3.51. The standard InChI is InChI=1S/C11H12BrNO3/c12-8-3-1-2-7(10(8)14)9-4-6(5-13-9)11(15)16/h1-3,6,9,13-14H,4-5H2,(H,15,16). The Kier molecular flexibility index (Phi) is 3.16. The molecule has 1 aromatic rings. The molecule has 5 heteroatoms. The summed E-state index contributed by atoms with van der Waals surface area (Å²) in [5.41, 5.74) is 0.748. The van der Waals surface area contributed by atoms with Crippen molar-refractivity contribution in [3.8, 4) is 5.75 Å². The van der Waals surface area contributed by atoms with Gasteiger partial charge in [-0.2, -0.15) is 0 Å². The van der Waals surface area contributed by atoms with E-state index >= 15 is 0 Å². The summed E-state index contributed by atoms with van der Waals surface area (Å²) in [5, 5.41) is 21.8. The molecule has 1 aliphatic rings. The molecule has 3 N–H and O–H groups in total. The second-order valence-electron chi connectivity index (χ2n) is 3.91. The Bertz CT molecular complexity index is 422. The summed E-state index contributed by atoms with van der Waals surface area (Å²) >= 11 is 3.24. The molecule has 1 fully saturated rings. The molecule has 0 bridgehead atoms. The normalized spacial score (nSPS) is 24.6. The van der Waals surface area contributed by atoms with Crippen LogP contribution in [0.15, 0.2) is 22.7 Å². The number of phenolic OH excluding ortho intramolecular Hbond substituents is 1. The van der Waals surface area contributed by atoms with E-state index in [9.17, 15) is 9.90 Å². The third-order valence-electron chi connectivity index (χ3n) is 2.87. The number of nitrogens with one attached hydrogen (secondary N) is 1. The number of carbonyl (C=O) groups is 1. The molecule has 0 radical (unpaired) electrons. The molecule has 2 unspecified atom stereocenters. The van der Waals surface area contributed by atoms with E-state index in [1.54, 1.807) is 6.07 Å². The lowest BCUT2D eigenvalue weighted by Gasteiger charge is -2.13. The molecule has 1 aromatic carbocycles. The van der Waals surface area contributed by atoms with Crippen LogP contribution in [-0.2, 0) is 4.79 Å². The van der Waals surface area contributed by atoms with E-state index < -0.39 is 5.97 Å². The van der Waals surface area contributed by atoms with Crippen LogP contribution in [0.2, 0.25) is 0 Å². The van der Waals surface area contributed by atoms with Gasteiger partial charge in [-0.05, 0) is 28.4 Å². The molecular weight excluding hydrogens is 274 g/mol. The molecule has 0 saturated carbocycles. The topological polar surface area (TPSA) is 69.6 Å². The minimum absolute atomic E-state index is 0.0846. The average molecular weight is 286 g/mol. The minimum atomic E-state index is -0.788. The number of halogens is 1. The molecular formula is C11H12BrNO3. The molecule has 4 nitrogen and oxygen atoms in total. The number of para-hydroxylation sites is 1. The van der Waals surface area contributed by atoms with Gasteiger partial charge in [0.15, 0.2) is 0 Å². The first-order chi connectivity index (χ1) is 7.59. The largest absolute Gasteiger partial charge is 0.506 e. The summed E-state index contributed by atoms with van der Waals surface area (Å²) in [5.74, 6) is -0.973. The van der Waals surface area contributed by atoms with Gasteiger partial charge in [-0.15, -0.1) is 0 Å². The lowest BCUT2D eigenvalue weighted by molar-refractivity contribution is -0.141. The van der Waals surface area contributed by atoms with Crippen LogP contribution in [0, 0.1) is 5.92 Å². The number of hydrogen-bond acceptors (Lipinski definition) is 3. The number of benzene rings is 1. The van der Waals surface area contributed by atoms with E-state index in [4.69, 9.17) is 5.11 Å². The van der Waals surface area contributed by atoms with E-state index in [2.05, 4.69) is 21.2 Å². The van der Waals surface area contributed by atoms with Gasteiger partial charge in [0.25, 0.3) is 0 Å². The van der Waals surface area contributed by atoms with E-state index in [1.165, 1.54) is 0 Å². The van der Waals surface area contributed by atoms with Crippen LogP contribution in [0.4, 0.5) is 0 Å². The van der Waals surface area contributed by atoms with Crippen LogP contribution in [0.1, 0.15) is 18.0 Å². The fourth-order valence-electron chi connectivity index (χ4n) is 1.97. The zero-order chi connectivity index (χ0) is 11.7. The van der Waals surface area contributed by atoms with Gasteiger partial charge in [0.05, 0.1) is 10.4 Å². The van der Waals surface area contributed by atoms with Crippen LogP contribution in [0.3, 0.4) is 0 Å². The van der Waals surface area contributed by atoms with Gasteiger partial charge in [-0.1, -0.05) is 12.1 Å². The van der Waals surface area contributed by atoms with Crippen molar-refractivity contribution in [2.24, 2.45) is 5.92 Å². The summed E-state index contributed by atoms with van der Waals surface area (Å²) < 4.78 is 0.630. The Balaban J connectivity index is 2.21. The smallest absolute Gasteiger partial charge is 0.307 e. The van der Waals surface area contributed by atoms with Crippen molar-refractivity contribution >= 4 is 21.9 Å². The third kappa shape index (κ3) is 2.05. The lowest BCUT2D eigenvalue weighted by atomic mass is 9.99. The zero-order valence-electron chi connectivity index (χ0n) is 8.48. The van der Waals surface area contributed by atoms with Gasteiger partial charge >= 0.3 is 5.97 Å². The second-order valence-corrected chi connectivity index (χ2v) is 4.76. The van der Waals surface area contributed by atoms with Crippen molar-refractivity contribution in [3.05, 3.63) is 28.2 Å². The van der Waals surface area contributed by atoms with Crippen LogP contribution in [0.5, 0.6) is 5.75 Å². The van der Waals surface area contributed by atoms with Crippen molar-refractivity contribution in [1.82, 2.24) is 5.32 Å². The van der Waals surface area contributed by atoms with Gasteiger partial charge in [-0.25, -0.2) is 0 Å².